The molecule has 0 aliphatic carbocycles. The molecule has 0 spiro atoms. The van der Waals surface area contributed by atoms with Crippen LogP contribution in [0.25, 0.3) is 0 Å². The van der Waals surface area contributed by atoms with E-state index in [1.54, 1.807) is 19.1 Å². The lowest BCUT2D eigenvalue weighted by Gasteiger charge is -2.07. The van der Waals surface area contributed by atoms with Gasteiger partial charge in [0.2, 0.25) is 0 Å². The third-order valence-corrected chi connectivity index (χ3v) is 3.57. The van der Waals surface area contributed by atoms with E-state index in [2.05, 4.69) is 0 Å². The molecule has 4 nitrogen and oxygen atoms in total. The number of carbonyl (C=O) groups excluding carboxylic acids is 2. The molecule has 0 saturated heterocycles. The molecule has 0 radical (unpaired) electrons. The summed E-state index contributed by atoms with van der Waals surface area (Å²) in [5, 5.41) is 2.00. The molecular weight excluding hydrogens is 319 g/mol. The quantitative estimate of drug-likeness (QED) is 0.692. The Bertz CT molecular complexity index is 730. The van der Waals surface area contributed by atoms with Gasteiger partial charge in [-0.15, -0.1) is 11.3 Å². The first-order valence-corrected chi connectivity index (χ1v) is 6.87. The van der Waals surface area contributed by atoms with Gasteiger partial charge in [-0.2, -0.15) is 0 Å². The molecule has 1 amide bonds. The summed E-state index contributed by atoms with van der Waals surface area (Å²) in [5.74, 6) is -6.14. The van der Waals surface area contributed by atoms with Crippen molar-refractivity contribution < 1.29 is 27.5 Å². The number of halogens is 3. The maximum absolute atomic E-state index is 13.4. The van der Waals surface area contributed by atoms with E-state index in [-0.39, 0.29) is 0 Å². The van der Waals surface area contributed by atoms with Crippen molar-refractivity contribution >= 4 is 28.9 Å². The topological polar surface area (TPSA) is 55.4 Å². The molecule has 0 fully saturated rings. The molecule has 0 atom stereocenters. The smallest absolute Gasteiger partial charge is 0.348 e. The minimum atomic E-state index is -1.69. The Labute approximate surface area is 127 Å². The van der Waals surface area contributed by atoms with Crippen molar-refractivity contribution in [3.8, 4) is 0 Å². The predicted molar refractivity (Wildman–Crippen MR) is 74.3 cm³/mol. The number of thiophene rings is 1. The lowest BCUT2D eigenvalue weighted by Crippen LogP contribution is -2.21. The molecule has 2 rings (SSSR count). The summed E-state index contributed by atoms with van der Waals surface area (Å²) in [4.78, 5) is 24.4. The molecule has 1 aromatic carbocycles. The average molecular weight is 329 g/mol. The number of hydrogen-bond acceptors (Lipinski definition) is 4. The van der Waals surface area contributed by atoms with Gasteiger partial charge in [-0.3, -0.25) is 4.79 Å². The van der Waals surface area contributed by atoms with Crippen LogP contribution in [0.15, 0.2) is 24.3 Å². The van der Waals surface area contributed by atoms with Crippen molar-refractivity contribution in [3.05, 3.63) is 51.5 Å². The van der Waals surface area contributed by atoms with Crippen LogP contribution in [0.2, 0.25) is 0 Å². The monoisotopic (exact) mass is 329 g/mol. The number of esters is 1. The fourth-order valence-electron chi connectivity index (χ4n) is 1.56. The Morgan fingerprint density at radius 1 is 1.14 bits per heavy atom. The molecule has 116 valence electrons. The Balaban J connectivity index is 1.94. The first-order valence-electron chi connectivity index (χ1n) is 6.05. The van der Waals surface area contributed by atoms with Gasteiger partial charge in [-0.05, 0) is 31.2 Å². The number of nitrogens with one attached hydrogen (secondary N) is 1. The van der Waals surface area contributed by atoms with E-state index in [1.165, 1.54) is 11.3 Å². The van der Waals surface area contributed by atoms with Crippen LogP contribution < -0.4 is 5.32 Å². The number of aryl methyl sites for hydroxylation is 1. The molecule has 0 saturated carbocycles. The summed E-state index contributed by atoms with van der Waals surface area (Å²) in [7, 11) is 0. The second kappa shape index (κ2) is 6.61. The lowest BCUT2D eigenvalue weighted by molar-refractivity contribution is -0.119. The zero-order valence-electron chi connectivity index (χ0n) is 11.3. The van der Waals surface area contributed by atoms with Crippen LogP contribution in [-0.2, 0) is 9.53 Å². The third kappa shape index (κ3) is 3.64. The minimum absolute atomic E-state index is 0.323. The van der Waals surface area contributed by atoms with E-state index < -0.39 is 41.6 Å². The highest BCUT2D eigenvalue weighted by atomic mass is 32.1. The molecule has 1 aromatic heterocycles. The second-order valence-electron chi connectivity index (χ2n) is 4.26. The fourth-order valence-corrected chi connectivity index (χ4v) is 2.32. The van der Waals surface area contributed by atoms with Gasteiger partial charge < -0.3 is 10.1 Å². The van der Waals surface area contributed by atoms with Crippen LogP contribution in [0.4, 0.5) is 18.9 Å². The predicted octanol–water partition coefficient (Wildman–Crippen LogP) is 3.27. The molecular formula is C14H10F3NO3S. The Kier molecular flexibility index (Phi) is 4.81. The van der Waals surface area contributed by atoms with Crippen LogP contribution >= 0.6 is 11.3 Å². The summed E-state index contributed by atoms with van der Waals surface area (Å²) in [5.41, 5.74) is -0.535. The molecule has 2 aromatic rings. The summed E-state index contributed by atoms with van der Waals surface area (Å²) in [6.45, 7) is 1.13. The first-order chi connectivity index (χ1) is 10.4. The molecule has 22 heavy (non-hydrogen) atoms. The van der Waals surface area contributed by atoms with E-state index in [0.29, 0.717) is 10.9 Å². The summed E-state index contributed by atoms with van der Waals surface area (Å²) in [6, 6.07) is 4.82. The fraction of sp³-hybridized carbons (Fsp3) is 0.143. The van der Waals surface area contributed by atoms with Crippen molar-refractivity contribution in [2.24, 2.45) is 0 Å². The van der Waals surface area contributed by atoms with E-state index in [9.17, 15) is 22.8 Å². The largest absolute Gasteiger partial charge is 0.451 e. The SMILES string of the molecule is Cc1ccc(C(=O)OCC(=O)Nc2ccc(F)c(F)c2F)s1. The number of anilines is 1. The van der Waals surface area contributed by atoms with Gasteiger partial charge in [-0.25, -0.2) is 18.0 Å². The number of rotatable bonds is 4. The summed E-state index contributed by atoms with van der Waals surface area (Å²) < 4.78 is 43.8. The van der Waals surface area contributed by atoms with Gasteiger partial charge in [-0.1, -0.05) is 0 Å². The molecule has 1 heterocycles. The minimum Gasteiger partial charge on any atom is -0.451 e. The lowest BCUT2D eigenvalue weighted by atomic mass is 10.3. The third-order valence-electron chi connectivity index (χ3n) is 2.59. The van der Waals surface area contributed by atoms with E-state index in [0.717, 1.165) is 10.9 Å². The van der Waals surface area contributed by atoms with Gasteiger partial charge in [0.1, 0.15) is 4.88 Å². The van der Waals surface area contributed by atoms with Crippen LogP contribution in [0.3, 0.4) is 0 Å². The van der Waals surface area contributed by atoms with E-state index >= 15 is 0 Å². The van der Waals surface area contributed by atoms with Crippen molar-refractivity contribution in [2.75, 3.05) is 11.9 Å². The average Bonchev–Trinajstić information content (AvgIpc) is 2.92. The molecule has 0 aliphatic rings. The molecule has 0 bridgehead atoms. The zero-order valence-corrected chi connectivity index (χ0v) is 12.1. The Morgan fingerprint density at radius 3 is 2.50 bits per heavy atom. The highest BCUT2D eigenvalue weighted by Gasteiger charge is 2.16. The molecule has 8 heteroatoms. The highest BCUT2D eigenvalue weighted by Crippen LogP contribution is 2.19. The highest BCUT2D eigenvalue weighted by molar-refractivity contribution is 7.13. The van der Waals surface area contributed by atoms with Crippen molar-refractivity contribution in [1.82, 2.24) is 0 Å². The number of carbonyl (C=O) groups is 2. The van der Waals surface area contributed by atoms with Gasteiger partial charge in [0, 0.05) is 4.88 Å². The van der Waals surface area contributed by atoms with Crippen LogP contribution in [-0.4, -0.2) is 18.5 Å². The molecule has 1 N–H and O–H groups in total. The zero-order chi connectivity index (χ0) is 16.3. The number of ether oxygens (including phenoxy) is 1. The van der Waals surface area contributed by atoms with Crippen LogP contribution in [0.1, 0.15) is 14.5 Å². The maximum atomic E-state index is 13.4. The maximum Gasteiger partial charge on any atom is 0.348 e. The standard InChI is InChI=1S/C14H10F3NO3S/c1-7-2-5-10(22-7)14(20)21-6-11(19)18-9-4-3-8(15)12(16)13(9)17/h2-5H,6H2,1H3,(H,18,19). The van der Waals surface area contributed by atoms with E-state index in [1.807, 2.05) is 5.32 Å². The van der Waals surface area contributed by atoms with Crippen molar-refractivity contribution in [1.29, 1.82) is 0 Å². The van der Waals surface area contributed by atoms with Gasteiger partial charge in [0.25, 0.3) is 5.91 Å². The summed E-state index contributed by atoms with van der Waals surface area (Å²) in [6.07, 6.45) is 0. The van der Waals surface area contributed by atoms with Crippen molar-refractivity contribution in [3.63, 3.8) is 0 Å². The number of hydrogen-bond donors (Lipinski definition) is 1. The van der Waals surface area contributed by atoms with E-state index in [4.69, 9.17) is 4.74 Å². The van der Waals surface area contributed by atoms with Gasteiger partial charge >= 0.3 is 5.97 Å². The van der Waals surface area contributed by atoms with Crippen LogP contribution in [0.5, 0.6) is 0 Å². The summed E-state index contributed by atoms with van der Waals surface area (Å²) >= 11 is 1.20. The van der Waals surface area contributed by atoms with Crippen molar-refractivity contribution in [2.45, 2.75) is 6.92 Å². The van der Waals surface area contributed by atoms with Gasteiger partial charge in [0.05, 0.1) is 5.69 Å². The number of benzene rings is 1. The number of amides is 1. The van der Waals surface area contributed by atoms with Crippen LogP contribution in [0, 0.1) is 24.4 Å². The first kappa shape index (κ1) is 16.0. The normalized spacial score (nSPS) is 10.4. The Morgan fingerprint density at radius 2 is 1.86 bits per heavy atom. The molecule has 0 unspecified atom stereocenters. The second-order valence-corrected chi connectivity index (χ2v) is 5.55. The van der Waals surface area contributed by atoms with Gasteiger partial charge in [0.15, 0.2) is 24.1 Å². The molecule has 0 aliphatic heterocycles. The Hall–Kier alpha value is -2.35.